The van der Waals surface area contributed by atoms with Gasteiger partial charge in [-0.1, -0.05) is 31.5 Å². The molecule has 1 fully saturated rings. The van der Waals surface area contributed by atoms with Crippen LogP contribution in [0.25, 0.3) is 0 Å². The van der Waals surface area contributed by atoms with Crippen molar-refractivity contribution in [3.63, 3.8) is 0 Å². The van der Waals surface area contributed by atoms with Crippen LogP contribution < -0.4 is 0 Å². The van der Waals surface area contributed by atoms with Gasteiger partial charge in [0.15, 0.2) is 0 Å². The van der Waals surface area contributed by atoms with Crippen molar-refractivity contribution < 1.29 is 9.50 Å². The molecule has 1 aliphatic rings. The van der Waals surface area contributed by atoms with Crippen molar-refractivity contribution >= 4 is 0 Å². The molecule has 1 aromatic carbocycles. The van der Waals surface area contributed by atoms with Gasteiger partial charge in [-0.2, -0.15) is 0 Å². The molecule has 0 radical (unpaired) electrons. The highest BCUT2D eigenvalue weighted by molar-refractivity contribution is 5.19. The van der Waals surface area contributed by atoms with Crippen molar-refractivity contribution in [3.8, 4) is 0 Å². The molecule has 1 N–H and O–H groups in total. The first-order valence-electron chi connectivity index (χ1n) is 7.74. The van der Waals surface area contributed by atoms with E-state index < -0.39 is 6.10 Å². The fourth-order valence-corrected chi connectivity index (χ4v) is 3.17. The van der Waals surface area contributed by atoms with Crippen molar-refractivity contribution in [1.82, 2.24) is 4.90 Å². The van der Waals surface area contributed by atoms with Gasteiger partial charge in [0.1, 0.15) is 5.82 Å². The Bertz CT molecular complexity index is 431. The average molecular weight is 279 g/mol. The Morgan fingerprint density at radius 2 is 1.90 bits per heavy atom. The third-order valence-corrected chi connectivity index (χ3v) is 4.88. The third-order valence-electron chi connectivity index (χ3n) is 4.88. The van der Waals surface area contributed by atoms with Crippen LogP contribution in [-0.4, -0.2) is 34.7 Å². The zero-order valence-corrected chi connectivity index (χ0v) is 12.6. The molecule has 0 aliphatic carbocycles. The standard InChI is InChI=1S/C17H26FNO/c1-3-17(2,19-11-7-4-8-12-19)16(20)13-14-9-5-6-10-15(14)18/h5-6,9-10,16,20H,3-4,7-8,11-13H2,1-2H3. The molecule has 2 rings (SSSR count). The van der Waals surface area contributed by atoms with E-state index in [4.69, 9.17) is 0 Å². The lowest BCUT2D eigenvalue weighted by Gasteiger charge is -2.46. The summed E-state index contributed by atoms with van der Waals surface area (Å²) < 4.78 is 13.8. The number of aliphatic hydroxyl groups excluding tert-OH is 1. The number of aliphatic hydroxyl groups is 1. The lowest BCUT2D eigenvalue weighted by Crippen LogP contribution is -2.56. The van der Waals surface area contributed by atoms with Gasteiger partial charge in [0.2, 0.25) is 0 Å². The van der Waals surface area contributed by atoms with Gasteiger partial charge in [0.25, 0.3) is 0 Å². The van der Waals surface area contributed by atoms with E-state index in [-0.39, 0.29) is 11.4 Å². The number of benzene rings is 1. The first kappa shape index (κ1) is 15.5. The largest absolute Gasteiger partial charge is 0.391 e. The van der Waals surface area contributed by atoms with Crippen molar-refractivity contribution in [2.75, 3.05) is 13.1 Å². The van der Waals surface area contributed by atoms with Crippen molar-refractivity contribution in [2.24, 2.45) is 0 Å². The molecule has 2 atom stereocenters. The maximum Gasteiger partial charge on any atom is 0.126 e. The summed E-state index contributed by atoms with van der Waals surface area (Å²) in [5.41, 5.74) is 0.347. The topological polar surface area (TPSA) is 23.5 Å². The SMILES string of the molecule is CCC(C)(C(O)Cc1ccccc1F)N1CCCCC1. The molecular formula is C17H26FNO. The summed E-state index contributed by atoms with van der Waals surface area (Å²) in [4.78, 5) is 2.39. The number of hydrogen-bond acceptors (Lipinski definition) is 2. The fraction of sp³-hybridized carbons (Fsp3) is 0.647. The summed E-state index contributed by atoms with van der Waals surface area (Å²) in [6.07, 6.45) is 4.39. The van der Waals surface area contributed by atoms with Crippen molar-refractivity contribution in [2.45, 2.75) is 57.6 Å². The molecular weight excluding hydrogens is 253 g/mol. The van der Waals surface area contributed by atoms with E-state index in [1.807, 2.05) is 6.07 Å². The number of likely N-dealkylation sites (tertiary alicyclic amines) is 1. The predicted octanol–water partition coefficient (Wildman–Crippen LogP) is 3.38. The maximum atomic E-state index is 13.8. The first-order valence-corrected chi connectivity index (χ1v) is 7.74. The Morgan fingerprint density at radius 3 is 2.50 bits per heavy atom. The minimum absolute atomic E-state index is 0.219. The summed E-state index contributed by atoms with van der Waals surface area (Å²) in [6, 6.07) is 6.75. The molecule has 2 unspecified atom stereocenters. The molecule has 2 nitrogen and oxygen atoms in total. The van der Waals surface area contributed by atoms with Gasteiger partial charge in [-0.05, 0) is 50.9 Å². The number of piperidine rings is 1. The zero-order valence-electron chi connectivity index (χ0n) is 12.6. The zero-order chi connectivity index (χ0) is 14.6. The average Bonchev–Trinajstić information content (AvgIpc) is 2.49. The van der Waals surface area contributed by atoms with Gasteiger partial charge in [0, 0.05) is 12.0 Å². The highest BCUT2D eigenvalue weighted by atomic mass is 19.1. The second-order valence-electron chi connectivity index (χ2n) is 6.07. The van der Waals surface area contributed by atoms with Crippen LogP contribution in [0.1, 0.15) is 45.1 Å². The molecule has 0 spiro atoms. The Morgan fingerprint density at radius 1 is 1.25 bits per heavy atom. The highest BCUT2D eigenvalue weighted by Crippen LogP contribution is 2.29. The second kappa shape index (κ2) is 6.68. The Labute approximate surface area is 121 Å². The summed E-state index contributed by atoms with van der Waals surface area (Å²) >= 11 is 0. The van der Waals surface area contributed by atoms with Crippen molar-refractivity contribution in [3.05, 3.63) is 35.6 Å². The molecule has 0 aromatic heterocycles. The van der Waals surface area contributed by atoms with Crippen LogP contribution in [0.2, 0.25) is 0 Å². The van der Waals surface area contributed by atoms with E-state index in [0.29, 0.717) is 12.0 Å². The monoisotopic (exact) mass is 279 g/mol. The quantitative estimate of drug-likeness (QED) is 0.893. The minimum atomic E-state index is -0.539. The fourth-order valence-electron chi connectivity index (χ4n) is 3.17. The lowest BCUT2D eigenvalue weighted by molar-refractivity contribution is -0.0331. The summed E-state index contributed by atoms with van der Waals surface area (Å²) in [6.45, 7) is 6.31. The lowest BCUT2D eigenvalue weighted by atomic mass is 9.84. The summed E-state index contributed by atoms with van der Waals surface area (Å²) in [5, 5.41) is 10.7. The molecule has 112 valence electrons. The van der Waals surface area contributed by atoms with Gasteiger partial charge in [0.05, 0.1) is 6.10 Å². The van der Waals surface area contributed by atoms with Crippen LogP contribution in [0.3, 0.4) is 0 Å². The van der Waals surface area contributed by atoms with Crippen LogP contribution in [0.15, 0.2) is 24.3 Å². The van der Waals surface area contributed by atoms with E-state index in [1.165, 1.54) is 25.3 Å². The van der Waals surface area contributed by atoms with Crippen LogP contribution in [0.4, 0.5) is 4.39 Å². The molecule has 20 heavy (non-hydrogen) atoms. The Kier molecular flexibility index (Phi) is 5.17. The van der Waals surface area contributed by atoms with E-state index in [0.717, 1.165) is 19.5 Å². The Hall–Kier alpha value is -0.930. The molecule has 3 heteroatoms. The molecule has 0 bridgehead atoms. The number of halogens is 1. The van der Waals surface area contributed by atoms with E-state index in [1.54, 1.807) is 12.1 Å². The number of hydrogen-bond donors (Lipinski definition) is 1. The molecule has 1 saturated heterocycles. The van der Waals surface area contributed by atoms with Crippen LogP contribution >= 0.6 is 0 Å². The van der Waals surface area contributed by atoms with Gasteiger partial charge in [-0.15, -0.1) is 0 Å². The number of rotatable bonds is 5. The summed E-state index contributed by atoms with van der Waals surface area (Å²) in [7, 11) is 0. The van der Waals surface area contributed by atoms with Gasteiger partial charge in [-0.25, -0.2) is 4.39 Å². The molecule has 1 aliphatic heterocycles. The second-order valence-corrected chi connectivity index (χ2v) is 6.07. The minimum Gasteiger partial charge on any atom is -0.391 e. The molecule has 0 amide bonds. The maximum absolute atomic E-state index is 13.8. The van der Waals surface area contributed by atoms with Crippen molar-refractivity contribution in [1.29, 1.82) is 0 Å². The van der Waals surface area contributed by atoms with Crippen LogP contribution in [0, 0.1) is 5.82 Å². The van der Waals surface area contributed by atoms with E-state index in [2.05, 4.69) is 18.7 Å². The summed E-state index contributed by atoms with van der Waals surface area (Å²) in [5.74, 6) is -0.219. The van der Waals surface area contributed by atoms with E-state index >= 15 is 0 Å². The van der Waals surface area contributed by atoms with Gasteiger partial charge >= 0.3 is 0 Å². The highest BCUT2D eigenvalue weighted by Gasteiger charge is 2.37. The Balaban J connectivity index is 2.11. The normalized spacial score (nSPS) is 21.4. The smallest absolute Gasteiger partial charge is 0.126 e. The molecule has 1 heterocycles. The molecule has 1 aromatic rings. The predicted molar refractivity (Wildman–Crippen MR) is 80.2 cm³/mol. The third kappa shape index (κ3) is 3.21. The number of nitrogens with zero attached hydrogens (tertiary/aromatic N) is 1. The van der Waals surface area contributed by atoms with Crippen LogP contribution in [-0.2, 0) is 6.42 Å². The van der Waals surface area contributed by atoms with Gasteiger partial charge in [-0.3, -0.25) is 4.90 Å². The van der Waals surface area contributed by atoms with E-state index in [9.17, 15) is 9.50 Å². The first-order chi connectivity index (χ1) is 9.58. The van der Waals surface area contributed by atoms with Crippen LogP contribution in [0.5, 0.6) is 0 Å². The van der Waals surface area contributed by atoms with Gasteiger partial charge < -0.3 is 5.11 Å². The molecule has 0 saturated carbocycles.